The van der Waals surface area contributed by atoms with Crippen molar-refractivity contribution in [3.8, 4) is 0 Å². The van der Waals surface area contributed by atoms with Crippen LogP contribution in [0.2, 0.25) is 5.02 Å². The predicted molar refractivity (Wildman–Crippen MR) is 115 cm³/mol. The molecule has 1 aliphatic rings. The highest BCUT2D eigenvalue weighted by Crippen LogP contribution is 2.26. The first-order valence-electron chi connectivity index (χ1n) is 9.69. The number of anilines is 2. The summed E-state index contributed by atoms with van der Waals surface area (Å²) in [5.74, 6) is -0.404. The molecule has 2 N–H and O–H groups in total. The van der Waals surface area contributed by atoms with E-state index < -0.39 is 11.2 Å². The van der Waals surface area contributed by atoms with Crippen LogP contribution in [0.25, 0.3) is 0 Å². The number of hydrogen-bond acceptors (Lipinski definition) is 6. The van der Waals surface area contributed by atoms with Gasteiger partial charge in [0.1, 0.15) is 11.4 Å². The second-order valence-corrected chi connectivity index (χ2v) is 7.60. The third kappa shape index (κ3) is 4.23. The van der Waals surface area contributed by atoms with Gasteiger partial charge in [-0.15, -0.1) is 0 Å². The Bertz CT molecular complexity index is 1020. The Balaban J connectivity index is 1.74. The number of rotatable bonds is 6. The molecule has 1 aliphatic heterocycles. The molecule has 1 aromatic carbocycles. The average molecular weight is 420 g/mol. The number of nitrogens with zero attached hydrogens (tertiary/aromatic N) is 4. The lowest BCUT2D eigenvalue weighted by Gasteiger charge is -2.36. The third-order valence-electron chi connectivity index (χ3n) is 5.24. The van der Waals surface area contributed by atoms with E-state index in [0.29, 0.717) is 31.1 Å². The van der Waals surface area contributed by atoms with Crippen LogP contribution in [-0.4, -0.2) is 52.5 Å². The number of Topliss-reactive ketones (excluding diaryl/α,β-unsaturated/α-hetero) is 1. The molecule has 0 saturated carbocycles. The number of hydrogen-bond donors (Lipinski definition) is 1. The fourth-order valence-corrected chi connectivity index (χ4v) is 3.88. The van der Waals surface area contributed by atoms with E-state index in [1.165, 1.54) is 11.6 Å². The van der Waals surface area contributed by atoms with Crippen molar-refractivity contribution >= 4 is 28.9 Å². The fourth-order valence-electron chi connectivity index (χ4n) is 3.62. The SMILES string of the molecule is CCCn1c(N)c(C(=O)CN2CCN(c3ccccc3Cl)CC2)c(=O)n(C)c1=O. The van der Waals surface area contributed by atoms with E-state index in [-0.39, 0.29) is 23.7 Å². The number of piperazine rings is 1. The third-order valence-corrected chi connectivity index (χ3v) is 5.56. The highest BCUT2D eigenvalue weighted by molar-refractivity contribution is 6.33. The van der Waals surface area contributed by atoms with Gasteiger partial charge in [-0.25, -0.2) is 4.79 Å². The Morgan fingerprint density at radius 2 is 1.79 bits per heavy atom. The normalized spacial score (nSPS) is 14.9. The zero-order valence-electron chi connectivity index (χ0n) is 16.7. The summed E-state index contributed by atoms with van der Waals surface area (Å²) in [6.45, 7) is 5.10. The van der Waals surface area contributed by atoms with Crippen molar-refractivity contribution in [1.82, 2.24) is 14.0 Å². The number of halogens is 1. The maximum atomic E-state index is 12.9. The number of aromatic nitrogens is 2. The van der Waals surface area contributed by atoms with Crippen molar-refractivity contribution in [2.45, 2.75) is 19.9 Å². The molecule has 3 rings (SSSR count). The molecule has 1 fully saturated rings. The van der Waals surface area contributed by atoms with Crippen LogP contribution in [-0.2, 0) is 13.6 Å². The summed E-state index contributed by atoms with van der Waals surface area (Å²) in [7, 11) is 1.37. The van der Waals surface area contributed by atoms with E-state index in [9.17, 15) is 14.4 Å². The predicted octanol–water partition coefficient (Wildman–Crippen LogP) is 1.20. The minimum absolute atomic E-state index is 0.0420. The first-order valence-corrected chi connectivity index (χ1v) is 10.1. The lowest BCUT2D eigenvalue weighted by Crippen LogP contribution is -2.49. The molecule has 2 heterocycles. The maximum absolute atomic E-state index is 12.9. The Kier molecular flexibility index (Phi) is 6.44. The monoisotopic (exact) mass is 419 g/mol. The van der Waals surface area contributed by atoms with Crippen molar-refractivity contribution in [1.29, 1.82) is 0 Å². The second kappa shape index (κ2) is 8.84. The lowest BCUT2D eigenvalue weighted by molar-refractivity contribution is 0.0924. The van der Waals surface area contributed by atoms with Gasteiger partial charge in [0.15, 0.2) is 5.78 Å². The molecule has 1 aromatic heterocycles. The summed E-state index contributed by atoms with van der Waals surface area (Å²) in [5, 5.41) is 0.700. The molecular formula is C20H26ClN5O3. The molecule has 0 bridgehead atoms. The average Bonchev–Trinajstić information content (AvgIpc) is 2.71. The van der Waals surface area contributed by atoms with Crippen molar-refractivity contribution in [3.05, 3.63) is 55.7 Å². The Morgan fingerprint density at radius 3 is 2.41 bits per heavy atom. The van der Waals surface area contributed by atoms with Crippen LogP contribution in [0.4, 0.5) is 11.5 Å². The summed E-state index contributed by atoms with van der Waals surface area (Å²) in [6, 6.07) is 7.67. The van der Waals surface area contributed by atoms with Crippen LogP contribution in [0.3, 0.4) is 0 Å². The molecule has 0 aliphatic carbocycles. The van der Waals surface area contributed by atoms with Crippen molar-refractivity contribution in [2.24, 2.45) is 7.05 Å². The first kappa shape index (κ1) is 21.1. The molecule has 0 spiro atoms. The largest absolute Gasteiger partial charge is 0.384 e. The molecule has 2 aromatic rings. The molecule has 0 atom stereocenters. The summed E-state index contributed by atoms with van der Waals surface area (Å²) in [6.07, 6.45) is 0.667. The number of carbonyl (C=O) groups excluding carboxylic acids is 1. The number of carbonyl (C=O) groups is 1. The van der Waals surface area contributed by atoms with Crippen LogP contribution in [0.5, 0.6) is 0 Å². The fraction of sp³-hybridized carbons (Fsp3) is 0.450. The van der Waals surface area contributed by atoms with E-state index in [4.69, 9.17) is 17.3 Å². The minimum atomic E-state index is -0.639. The zero-order valence-corrected chi connectivity index (χ0v) is 17.5. The Labute approximate surface area is 174 Å². The molecule has 0 radical (unpaired) electrons. The summed E-state index contributed by atoms with van der Waals surface area (Å²) in [5.41, 5.74) is 5.78. The van der Waals surface area contributed by atoms with E-state index in [1.54, 1.807) is 0 Å². The zero-order chi connectivity index (χ0) is 21.1. The summed E-state index contributed by atoms with van der Waals surface area (Å²) >= 11 is 6.27. The minimum Gasteiger partial charge on any atom is -0.384 e. The van der Waals surface area contributed by atoms with Gasteiger partial charge in [0.2, 0.25) is 0 Å². The second-order valence-electron chi connectivity index (χ2n) is 7.20. The van der Waals surface area contributed by atoms with Crippen LogP contribution in [0, 0.1) is 0 Å². The number of nitrogen functional groups attached to an aromatic ring is 1. The molecule has 29 heavy (non-hydrogen) atoms. The van der Waals surface area contributed by atoms with Crippen molar-refractivity contribution in [2.75, 3.05) is 43.4 Å². The number of ketones is 1. The van der Waals surface area contributed by atoms with Gasteiger partial charge >= 0.3 is 5.69 Å². The van der Waals surface area contributed by atoms with Gasteiger partial charge < -0.3 is 10.6 Å². The number of benzene rings is 1. The van der Waals surface area contributed by atoms with Crippen molar-refractivity contribution in [3.63, 3.8) is 0 Å². The van der Waals surface area contributed by atoms with Crippen molar-refractivity contribution < 1.29 is 4.79 Å². The van der Waals surface area contributed by atoms with E-state index in [1.807, 2.05) is 36.1 Å². The van der Waals surface area contributed by atoms with Crippen LogP contribution >= 0.6 is 11.6 Å². The van der Waals surface area contributed by atoms with Gasteiger partial charge in [0.05, 0.1) is 17.3 Å². The van der Waals surface area contributed by atoms with Crippen LogP contribution in [0.15, 0.2) is 33.9 Å². The smallest absolute Gasteiger partial charge is 0.332 e. The van der Waals surface area contributed by atoms with E-state index in [2.05, 4.69) is 4.90 Å². The van der Waals surface area contributed by atoms with Crippen LogP contribution < -0.4 is 21.9 Å². The standard InChI is InChI=1S/C20H26ClN5O3/c1-3-8-26-18(22)17(19(28)23(2)20(26)29)16(27)13-24-9-11-25(12-10-24)15-7-5-4-6-14(15)21/h4-7H,3,8-13,22H2,1-2H3. The molecule has 1 saturated heterocycles. The van der Waals surface area contributed by atoms with E-state index in [0.717, 1.165) is 23.3 Å². The molecule has 0 unspecified atom stereocenters. The summed E-state index contributed by atoms with van der Waals surface area (Å²) in [4.78, 5) is 41.9. The molecule has 8 nitrogen and oxygen atoms in total. The van der Waals surface area contributed by atoms with Crippen LogP contribution in [0.1, 0.15) is 23.7 Å². The van der Waals surface area contributed by atoms with Gasteiger partial charge in [-0.05, 0) is 18.6 Å². The Morgan fingerprint density at radius 1 is 1.14 bits per heavy atom. The highest BCUT2D eigenvalue weighted by atomic mass is 35.5. The Hall–Kier alpha value is -2.58. The lowest BCUT2D eigenvalue weighted by atomic mass is 10.1. The van der Waals surface area contributed by atoms with Gasteiger partial charge in [-0.1, -0.05) is 30.7 Å². The van der Waals surface area contributed by atoms with Gasteiger partial charge in [-0.3, -0.25) is 23.6 Å². The van der Waals surface area contributed by atoms with Gasteiger partial charge in [0, 0.05) is 39.8 Å². The number of nitrogens with two attached hydrogens (primary N) is 1. The topological polar surface area (TPSA) is 93.6 Å². The van der Waals surface area contributed by atoms with Gasteiger partial charge in [-0.2, -0.15) is 0 Å². The molecule has 9 heteroatoms. The quantitative estimate of drug-likeness (QED) is 0.707. The molecule has 0 amide bonds. The summed E-state index contributed by atoms with van der Waals surface area (Å²) < 4.78 is 2.25. The highest BCUT2D eigenvalue weighted by Gasteiger charge is 2.25. The maximum Gasteiger partial charge on any atom is 0.332 e. The molecule has 156 valence electrons. The van der Waals surface area contributed by atoms with Gasteiger partial charge in [0.25, 0.3) is 5.56 Å². The molecular weight excluding hydrogens is 394 g/mol. The van der Waals surface area contributed by atoms with E-state index >= 15 is 0 Å². The first-order chi connectivity index (χ1) is 13.8. The number of para-hydroxylation sites is 1.